The molecule has 1 aliphatic rings. The van der Waals surface area contributed by atoms with Crippen LogP contribution in [0.4, 0.5) is 5.82 Å². The monoisotopic (exact) mass is 322 g/mol. The second kappa shape index (κ2) is 5.96. The number of hydrogen-bond acceptors (Lipinski definition) is 6. The third kappa shape index (κ3) is 2.50. The van der Waals surface area contributed by atoms with Crippen LogP contribution < -0.4 is 10.1 Å². The number of aromatic nitrogens is 3. The van der Waals surface area contributed by atoms with E-state index in [2.05, 4.69) is 26.5 Å². The molecule has 6 heteroatoms. The molecule has 0 bridgehead atoms. The molecular weight excluding hydrogens is 304 g/mol. The molecule has 0 spiro atoms. The summed E-state index contributed by atoms with van der Waals surface area (Å²) in [6.07, 6.45) is 3.74. The van der Waals surface area contributed by atoms with Crippen molar-refractivity contribution < 1.29 is 9.26 Å². The van der Waals surface area contributed by atoms with E-state index in [-0.39, 0.29) is 6.04 Å². The summed E-state index contributed by atoms with van der Waals surface area (Å²) in [7, 11) is 1.71. The van der Waals surface area contributed by atoms with E-state index >= 15 is 0 Å². The van der Waals surface area contributed by atoms with Crippen molar-refractivity contribution in [3.63, 3.8) is 0 Å². The van der Waals surface area contributed by atoms with Crippen LogP contribution in [0, 0.1) is 6.92 Å². The fraction of sp³-hybridized carbons (Fsp3) is 0.278. The molecule has 3 aromatic rings. The summed E-state index contributed by atoms with van der Waals surface area (Å²) in [4.78, 5) is 8.78. The highest BCUT2D eigenvalue weighted by atomic mass is 16.5. The molecule has 24 heavy (non-hydrogen) atoms. The van der Waals surface area contributed by atoms with Crippen LogP contribution in [0.5, 0.6) is 5.75 Å². The number of ether oxygens (including phenoxy) is 1. The summed E-state index contributed by atoms with van der Waals surface area (Å²) < 4.78 is 10.8. The number of nitrogens with one attached hydrogen (secondary N) is 1. The Morgan fingerprint density at radius 3 is 2.96 bits per heavy atom. The summed E-state index contributed by atoms with van der Waals surface area (Å²) in [5, 5.41) is 7.40. The third-order valence-electron chi connectivity index (χ3n) is 4.32. The van der Waals surface area contributed by atoms with Crippen LogP contribution in [-0.2, 0) is 6.42 Å². The minimum atomic E-state index is 0.188. The van der Waals surface area contributed by atoms with E-state index in [0.29, 0.717) is 11.7 Å². The van der Waals surface area contributed by atoms with E-state index in [0.717, 1.165) is 30.0 Å². The predicted octanol–water partition coefficient (Wildman–Crippen LogP) is 3.55. The zero-order valence-electron chi connectivity index (χ0n) is 13.6. The van der Waals surface area contributed by atoms with Crippen molar-refractivity contribution >= 4 is 5.82 Å². The van der Waals surface area contributed by atoms with Gasteiger partial charge in [-0.2, -0.15) is 4.98 Å². The molecule has 1 atom stereocenters. The molecule has 1 N–H and O–H groups in total. The minimum absolute atomic E-state index is 0.188. The van der Waals surface area contributed by atoms with E-state index in [1.54, 1.807) is 20.2 Å². The van der Waals surface area contributed by atoms with Crippen molar-refractivity contribution in [1.29, 1.82) is 0 Å². The second-order valence-corrected chi connectivity index (χ2v) is 5.81. The minimum Gasteiger partial charge on any atom is -0.496 e. The van der Waals surface area contributed by atoms with Crippen LogP contribution in [0.2, 0.25) is 0 Å². The number of fused-ring (bicyclic) bond motifs is 1. The van der Waals surface area contributed by atoms with Gasteiger partial charge >= 0.3 is 0 Å². The summed E-state index contributed by atoms with van der Waals surface area (Å²) in [6.45, 7) is 1.80. The first-order valence-corrected chi connectivity index (χ1v) is 7.94. The van der Waals surface area contributed by atoms with Crippen molar-refractivity contribution in [2.24, 2.45) is 0 Å². The molecule has 0 saturated heterocycles. The molecule has 1 unspecified atom stereocenters. The lowest BCUT2D eigenvalue weighted by atomic mass is 10.1. The summed E-state index contributed by atoms with van der Waals surface area (Å²) in [5.41, 5.74) is 3.34. The van der Waals surface area contributed by atoms with Gasteiger partial charge in [0.15, 0.2) is 5.82 Å². The Morgan fingerprint density at radius 2 is 2.17 bits per heavy atom. The van der Waals surface area contributed by atoms with Gasteiger partial charge in [-0.1, -0.05) is 17.3 Å². The molecule has 4 rings (SSSR count). The van der Waals surface area contributed by atoms with Crippen LogP contribution in [-0.4, -0.2) is 22.2 Å². The highest BCUT2D eigenvalue weighted by molar-refractivity contribution is 5.69. The Morgan fingerprint density at radius 1 is 1.25 bits per heavy atom. The van der Waals surface area contributed by atoms with Gasteiger partial charge in [0.2, 0.25) is 0 Å². The molecule has 1 aromatic carbocycles. The summed E-state index contributed by atoms with van der Waals surface area (Å²) >= 11 is 0. The smallest absolute Gasteiger partial charge is 0.261 e. The van der Waals surface area contributed by atoms with Crippen molar-refractivity contribution in [3.8, 4) is 17.2 Å². The predicted molar refractivity (Wildman–Crippen MR) is 89.9 cm³/mol. The lowest BCUT2D eigenvalue weighted by Gasteiger charge is -2.16. The maximum absolute atomic E-state index is 5.47. The molecule has 2 aromatic heterocycles. The zero-order chi connectivity index (χ0) is 16.5. The van der Waals surface area contributed by atoms with Gasteiger partial charge < -0.3 is 14.6 Å². The SMILES string of the molecule is COc1cccc2c1CCC2Nc1ncccc1-c1nc(C)no1. The maximum atomic E-state index is 5.47. The Balaban J connectivity index is 1.67. The molecular formula is C18H18N4O2. The first kappa shape index (κ1) is 14.7. The maximum Gasteiger partial charge on any atom is 0.261 e. The number of rotatable bonds is 4. The fourth-order valence-corrected chi connectivity index (χ4v) is 3.23. The topological polar surface area (TPSA) is 73.1 Å². The average molecular weight is 322 g/mol. The number of pyridine rings is 1. The molecule has 0 amide bonds. The number of aryl methyl sites for hydroxylation is 1. The van der Waals surface area contributed by atoms with E-state index < -0.39 is 0 Å². The molecule has 0 saturated carbocycles. The van der Waals surface area contributed by atoms with E-state index in [4.69, 9.17) is 9.26 Å². The number of anilines is 1. The highest BCUT2D eigenvalue weighted by Gasteiger charge is 2.26. The molecule has 1 aliphatic carbocycles. The second-order valence-electron chi connectivity index (χ2n) is 5.81. The van der Waals surface area contributed by atoms with Crippen molar-refractivity contribution in [2.75, 3.05) is 12.4 Å². The quantitative estimate of drug-likeness (QED) is 0.792. The van der Waals surface area contributed by atoms with Crippen LogP contribution in [0.1, 0.15) is 29.4 Å². The van der Waals surface area contributed by atoms with Gasteiger partial charge in [-0.05, 0) is 49.1 Å². The Labute approximate surface area is 139 Å². The first-order valence-electron chi connectivity index (χ1n) is 7.94. The van der Waals surface area contributed by atoms with Gasteiger partial charge in [0.05, 0.1) is 18.7 Å². The van der Waals surface area contributed by atoms with Gasteiger partial charge in [0.25, 0.3) is 5.89 Å². The van der Waals surface area contributed by atoms with Crippen LogP contribution in [0.15, 0.2) is 41.1 Å². The number of nitrogens with zero attached hydrogens (tertiary/aromatic N) is 3. The largest absolute Gasteiger partial charge is 0.496 e. The van der Waals surface area contributed by atoms with E-state index in [1.807, 2.05) is 24.3 Å². The zero-order valence-corrected chi connectivity index (χ0v) is 13.6. The summed E-state index contributed by atoms with van der Waals surface area (Å²) in [5.74, 6) is 2.79. The lowest BCUT2D eigenvalue weighted by Crippen LogP contribution is -2.09. The highest BCUT2D eigenvalue weighted by Crippen LogP contribution is 2.39. The average Bonchev–Trinajstić information content (AvgIpc) is 3.22. The fourth-order valence-electron chi connectivity index (χ4n) is 3.23. The van der Waals surface area contributed by atoms with E-state index in [1.165, 1.54) is 11.1 Å². The summed E-state index contributed by atoms with van der Waals surface area (Å²) in [6, 6.07) is 10.2. The standard InChI is InChI=1S/C18H18N4O2/c1-11-20-18(24-22-11)14-6-4-10-19-17(14)21-15-9-8-13-12(15)5-3-7-16(13)23-2/h3-7,10,15H,8-9H2,1-2H3,(H,19,21). The van der Waals surface area contributed by atoms with Crippen molar-refractivity contribution in [1.82, 2.24) is 15.1 Å². The van der Waals surface area contributed by atoms with Gasteiger partial charge in [-0.15, -0.1) is 0 Å². The normalized spacial score (nSPS) is 16.0. The molecule has 0 radical (unpaired) electrons. The Kier molecular flexibility index (Phi) is 3.65. The van der Waals surface area contributed by atoms with Gasteiger partial charge in [0.1, 0.15) is 11.6 Å². The Hall–Kier alpha value is -2.89. The van der Waals surface area contributed by atoms with Crippen LogP contribution in [0.3, 0.4) is 0 Å². The Bertz CT molecular complexity index is 875. The lowest BCUT2D eigenvalue weighted by molar-refractivity contribution is 0.410. The van der Waals surface area contributed by atoms with Crippen molar-refractivity contribution in [2.45, 2.75) is 25.8 Å². The number of methoxy groups -OCH3 is 1. The molecule has 2 heterocycles. The van der Waals surface area contributed by atoms with Crippen molar-refractivity contribution in [3.05, 3.63) is 53.5 Å². The molecule has 6 nitrogen and oxygen atoms in total. The number of benzene rings is 1. The van der Waals surface area contributed by atoms with Gasteiger partial charge in [0, 0.05) is 6.20 Å². The van der Waals surface area contributed by atoms with Gasteiger partial charge in [-0.25, -0.2) is 4.98 Å². The molecule has 0 fully saturated rings. The molecule has 0 aliphatic heterocycles. The molecule has 122 valence electrons. The number of hydrogen-bond donors (Lipinski definition) is 1. The first-order chi connectivity index (χ1) is 11.8. The van der Waals surface area contributed by atoms with Gasteiger partial charge in [-0.3, -0.25) is 0 Å². The van der Waals surface area contributed by atoms with Crippen LogP contribution in [0.25, 0.3) is 11.5 Å². The van der Waals surface area contributed by atoms with E-state index in [9.17, 15) is 0 Å². The third-order valence-corrected chi connectivity index (χ3v) is 4.32. The van der Waals surface area contributed by atoms with Crippen LogP contribution >= 0.6 is 0 Å².